The molecule has 2 unspecified atom stereocenters. The standard InChI is InChI=1S/C34H66O3/c1(3-7-11-15-19-23-27-33-31-36-33)5-9-13-17-21-25-29-35-30-26-22-18-14-10-6-2-4-8-12-16-20-24-28-34-32-37-34/h33-34H,1-32H2. The monoisotopic (exact) mass is 523 g/mol. The van der Waals surface area contributed by atoms with Gasteiger partial charge >= 0.3 is 0 Å². The summed E-state index contributed by atoms with van der Waals surface area (Å²) in [6, 6.07) is 0. The van der Waals surface area contributed by atoms with E-state index in [0.717, 1.165) is 26.4 Å². The fourth-order valence-electron chi connectivity index (χ4n) is 5.61. The van der Waals surface area contributed by atoms with Crippen LogP contribution < -0.4 is 0 Å². The normalized spacial score (nSPS) is 18.5. The highest BCUT2D eigenvalue weighted by molar-refractivity contribution is 4.68. The Labute approximate surface area is 232 Å². The minimum atomic E-state index is 0.639. The van der Waals surface area contributed by atoms with Crippen LogP contribution >= 0.6 is 0 Å². The molecule has 220 valence electrons. The maximum atomic E-state index is 5.86. The van der Waals surface area contributed by atoms with Crippen molar-refractivity contribution >= 4 is 0 Å². The van der Waals surface area contributed by atoms with Gasteiger partial charge in [0.15, 0.2) is 0 Å². The molecule has 0 radical (unpaired) electrons. The third kappa shape index (κ3) is 25.9. The molecular weight excluding hydrogens is 456 g/mol. The molecule has 2 fully saturated rings. The number of hydrogen-bond acceptors (Lipinski definition) is 3. The predicted octanol–water partition coefficient (Wildman–Crippen LogP) is 10.7. The van der Waals surface area contributed by atoms with Gasteiger partial charge in [-0.3, -0.25) is 0 Å². The molecule has 0 aromatic carbocycles. The molecule has 2 aliphatic heterocycles. The Balaban J connectivity index is 1.10. The van der Waals surface area contributed by atoms with E-state index < -0.39 is 0 Å². The first-order valence-electron chi connectivity index (χ1n) is 17.3. The van der Waals surface area contributed by atoms with E-state index in [0.29, 0.717) is 12.2 Å². The van der Waals surface area contributed by atoms with Gasteiger partial charge in [0.2, 0.25) is 0 Å². The SMILES string of the molecule is C(CCCCCCCOCCCCCCCCCCCCCCCC1CO1)CCCCCCCC1CO1. The van der Waals surface area contributed by atoms with E-state index in [4.69, 9.17) is 14.2 Å². The number of ether oxygens (including phenoxy) is 3. The first kappa shape index (κ1) is 33.1. The molecule has 0 spiro atoms. The van der Waals surface area contributed by atoms with Gasteiger partial charge in [-0.05, 0) is 25.7 Å². The van der Waals surface area contributed by atoms with Crippen molar-refractivity contribution in [3.8, 4) is 0 Å². The van der Waals surface area contributed by atoms with Gasteiger partial charge in [0.25, 0.3) is 0 Å². The lowest BCUT2D eigenvalue weighted by Gasteiger charge is -2.05. The van der Waals surface area contributed by atoms with Crippen LogP contribution in [0.4, 0.5) is 0 Å². The van der Waals surface area contributed by atoms with Crippen molar-refractivity contribution < 1.29 is 14.2 Å². The molecule has 0 bridgehead atoms. The third-order valence-corrected chi connectivity index (χ3v) is 8.43. The second-order valence-electron chi connectivity index (χ2n) is 12.3. The minimum absolute atomic E-state index is 0.639. The molecule has 2 aliphatic rings. The van der Waals surface area contributed by atoms with E-state index in [1.165, 1.54) is 180 Å². The summed E-state index contributed by atoms with van der Waals surface area (Å²) in [7, 11) is 0. The Bertz CT molecular complexity index is 406. The molecule has 2 saturated heterocycles. The molecule has 2 heterocycles. The van der Waals surface area contributed by atoms with Crippen LogP contribution in [0.1, 0.15) is 180 Å². The summed E-state index contributed by atoms with van der Waals surface area (Å²) >= 11 is 0. The Kier molecular flexibility index (Phi) is 23.4. The van der Waals surface area contributed by atoms with Crippen molar-refractivity contribution in [3.05, 3.63) is 0 Å². The molecule has 2 rings (SSSR count). The minimum Gasteiger partial charge on any atom is -0.381 e. The second-order valence-corrected chi connectivity index (χ2v) is 12.3. The third-order valence-electron chi connectivity index (χ3n) is 8.43. The van der Waals surface area contributed by atoms with Crippen LogP contribution in [0.25, 0.3) is 0 Å². The summed E-state index contributed by atoms with van der Waals surface area (Å²) in [6.45, 7) is 4.05. The molecule has 0 saturated carbocycles. The molecule has 0 aromatic heterocycles. The van der Waals surface area contributed by atoms with Crippen molar-refractivity contribution in [2.24, 2.45) is 0 Å². The zero-order valence-corrected chi connectivity index (χ0v) is 25.0. The number of rotatable bonds is 32. The maximum Gasteiger partial charge on any atom is 0.0810 e. The Morgan fingerprint density at radius 3 is 0.784 bits per heavy atom. The van der Waals surface area contributed by atoms with Gasteiger partial charge in [0.1, 0.15) is 0 Å². The molecule has 0 amide bonds. The molecule has 0 aromatic rings. The second kappa shape index (κ2) is 26.1. The topological polar surface area (TPSA) is 34.3 Å². The molecule has 3 nitrogen and oxygen atoms in total. The van der Waals surface area contributed by atoms with Gasteiger partial charge < -0.3 is 14.2 Å². The van der Waals surface area contributed by atoms with E-state index in [9.17, 15) is 0 Å². The Hall–Kier alpha value is -0.120. The summed E-state index contributed by atoms with van der Waals surface area (Å²) in [5.74, 6) is 0. The van der Waals surface area contributed by atoms with Crippen LogP contribution in [-0.2, 0) is 14.2 Å². The summed E-state index contributed by atoms with van der Waals surface area (Å²) in [6.07, 6.45) is 40.7. The van der Waals surface area contributed by atoms with Gasteiger partial charge in [-0.15, -0.1) is 0 Å². The zero-order valence-electron chi connectivity index (χ0n) is 25.0. The highest BCUT2D eigenvalue weighted by atomic mass is 16.6. The van der Waals surface area contributed by atoms with Crippen LogP contribution in [0.15, 0.2) is 0 Å². The quantitative estimate of drug-likeness (QED) is 0.0650. The Morgan fingerprint density at radius 1 is 0.324 bits per heavy atom. The summed E-state index contributed by atoms with van der Waals surface area (Å²) in [5.41, 5.74) is 0. The fraction of sp³-hybridized carbons (Fsp3) is 1.00. The molecule has 0 aliphatic carbocycles. The van der Waals surface area contributed by atoms with Crippen molar-refractivity contribution in [1.29, 1.82) is 0 Å². The molecule has 2 atom stereocenters. The lowest BCUT2D eigenvalue weighted by molar-refractivity contribution is 0.125. The van der Waals surface area contributed by atoms with Gasteiger partial charge in [-0.1, -0.05) is 154 Å². The van der Waals surface area contributed by atoms with E-state index in [2.05, 4.69) is 0 Å². The van der Waals surface area contributed by atoms with Crippen molar-refractivity contribution in [2.45, 2.75) is 192 Å². The average Bonchev–Trinajstić information content (AvgIpc) is 3.83. The van der Waals surface area contributed by atoms with Crippen molar-refractivity contribution in [1.82, 2.24) is 0 Å². The highest BCUT2D eigenvalue weighted by Gasteiger charge is 2.21. The van der Waals surface area contributed by atoms with Crippen molar-refractivity contribution in [2.75, 3.05) is 26.4 Å². The number of hydrogen-bond donors (Lipinski definition) is 0. The number of epoxide rings is 2. The van der Waals surface area contributed by atoms with Gasteiger partial charge in [0.05, 0.1) is 25.4 Å². The first-order chi connectivity index (χ1) is 18.4. The van der Waals surface area contributed by atoms with Gasteiger partial charge in [0, 0.05) is 13.2 Å². The van der Waals surface area contributed by atoms with Gasteiger partial charge in [-0.2, -0.15) is 0 Å². The predicted molar refractivity (Wildman–Crippen MR) is 160 cm³/mol. The lowest BCUT2D eigenvalue weighted by atomic mass is 10.0. The van der Waals surface area contributed by atoms with E-state index in [-0.39, 0.29) is 0 Å². The average molecular weight is 523 g/mol. The molecule has 0 N–H and O–H groups in total. The molecule has 37 heavy (non-hydrogen) atoms. The summed E-state index contributed by atoms with van der Waals surface area (Å²) in [5, 5.41) is 0. The lowest BCUT2D eigenvalue weighted by Crippen LogP contribution is -1.97. The largest absolute Gasteiger partial charge is 0.381 e. The summed E-state index contributed by atoms with van der Waals surface area (Å²) < 4.78 is 16.4. The van der Waals surface area contributed by atoms with E-state index >= 15 is 0 Å². The maximum absolute atomic E-state index is 5.86. The zero-order chi connectivity index (χ0) is 25.9. The first-order valence-corrected chi connectivity index (χ1v) is 17.3. The Morgan fingerprint density at radius 2 is 0.541 bits per heavy atom. The van der Waals surface area contributed by atoms with Crippen LogP contribution in [0.2, 0.25) is 0 Å². The smallest absolute Gasteiger partial charge is 0.0810 e. The van der Waals surface area contributed by atoms with Crippen LogP contribution in [0, 0.1) is 0 Å². The van der Waals surface area contributed by atoms with Gasteiger partial charge in [-0.25, -0.2) is 0 Å². The molecule has 3 heteroatoms. The van der Waals surface area contributed by atoms with Crippen LogP contribution in [-0.4, -0.2) is 38.6 Å². The van der Waals surface area contributed by atoms with E-state index in [1.807, 2.05) is 0 Å². The fourth-order valence-corrected chi connectivity index (χ4v) is 5.61. The summed E-state index contributed by atoms with van der Waals surface area (Å²) in [4.78, 5) is 0. The van der Waals surface area contributed by atoms with Crippen LogP contribution in [0.3, 0.4) is 0 Å². The number of unbranched alkanes of at least 4 members (excludes halogenated alkanes) is 24. The van der Waals surface area contributed by atoms with Crippen molar-refractivity contribution in [3.63, 3.8) is 0 Å². The van der Waals surface area contributed by atoms with Crippen LogP contribution in [0.5, 0.6) is 0 Å². The van der Waals surface area contributed by atoms with E-state index in [1.54, 1.807) is 0 Å². The molecular formula is C34H66O3. The highest BCUT2D eigenvalue weighted by Crippen LogP contribution is 2.20.